The lowest BCUT2D eigenvalue weighted by molar-refractivity contribution is 0.220. The molecule has 0 amide bonds. The normalized spacial score (nSPS) is 15.0. The Bertz CT molecular complexity index is 873. The Kier molecular flexibility index (Phi) is 6.29. The Morgan fingerprint density at radius 1 is 1.11 bits per heavy atom. The van der Waals surface area contributed by atoms with E-state index in [0.717, 1.165) is 54.6 Å². The fraction of sp³-hybridized carbons (Fsp3) is 0.409. The lowest BCUT2D eigenvalue weighted by Crippen LogP contribution is -2.29. The molecule has 3 aromatic rings. The van der Waals surface area contributed by atoms with Crippen LogP contribution in [0.15, 0.2) is 42.5 Å². The average molecular weight is 398 g/mol. The van der Waals surface area contributed by atoms with Crippen LogP contribution in [0.4, 0.5) is 5.13 Å². The zero-order valence-electron chi connectivity index (χ0n) is 16.1. The maximum atomic E-state index is 10.0. The summed E-state index contributed by atoms with van der Waals surface area (Å²) in [6.07, 6.45) is 4.73. The van der Waals surface area contributed by atoms with Crippen LogP contribution in [0.5, 0.6) is 11.5 Å². The first-order valence-electron chi connectivity index (χ1n) is 10.0. The van der Waals surface area contributed by atoms with Gasteiger partial charge >= 0.3 is 0 Å². The monoisotopic (exact) mass is 397 g/mol. The van der Waals surface area contributed by atoms with Crippen LogP contribution in [0.3, 0.4) is 0 Å². The predicted molar refractivity (Wildman–Crippen MR) is 115 cm³/mol. The van der Waals surface area contributed by atoms with Crippen LogP contribution in [0, 0.1) is 0 Å². The third kappa shape index (κ3) is 5.14. The number of phenolic OH excluding ortho intramolecular Hbond substituents is 1. The molecule has 0 bridgehead atoms. The number of ether oxygens (including phenoxy) is 1. The minimum atomic E-state index is 0.275. The van der Waals surface area contributed by atoms with Crippen molar-refractivity contribution in [3.05, 3.63) is 48.0 Å². The van der Waals surface area contributed by atoms with Gasteiger partial charge in [0, 0.05) is 19.2 Å². The molecular formula is C22H27N3O2S. The van der Waals surface area contributed by atoms with Crippen LogP contribution in [-0.4, -0.2) is 41.2 Å². The fourth-order valence-electron chi connectivity index (χ4n) is 3.60. The Labute approximate surface area is 170 Å². The number of para-hydroxylation sites is 1. The van der Waals surface area contributed by atoms with Gasteiger partial charge in [0.1, 0.15) is 11.5 Å². The van der Waals surface area contributed by atoms with Gasteiger partial charge in [0.15, 0.2) is 5.13 Å². The number of rotatable bonds is 8. The van der Waals surface area contributed by atoms with E-state index in [1.807, 2.05) is 24.3 Å². The second-order valence-electron chi connectivity index (χ2n) is 7.29. The van der Waals surface area contributed by atoms with Crippen molar-refractivity contribution in [3.63, 3.8) is 0 Å². The Morgan fingerprint density at radius 2 is 1.96 bits per heavy atom. The number of anilines is 1. The summed E-state index contributed by atoms with van der Waals surface area (Å²) in [5.41, 5.74) is 2.15. The Morgan fingerprint density at radius 3 is 2.82 bits per heavy atom. The number of phenols is 1. The summed E-state index contributed by atoms with van der Waals surface area (Å²) < 4.78 is 7.07. The summed E-state index contributed by atoms with van der Waals surface area (Å²) in [6, 6.07) is 13.8. The predicted octanol–water partition coefficient (Wildman–Crippen LogP) is 4.87. The maximum Gasteiger partial charge on any atom is 0.183 e. The number of aromatic hydroxyl groups is 1. The molecule has 1 fully saturated rings. The zero-order valence-corrected chi connectivity index (χ0v) is 16.9. The molecule has 4 rings (SSSR count). The third-order valence-corrected chi connectivity index (χ3v) is 5.96. The first-order chi connectivity index (χ1) is 13.8. The van der Waals surface area contributed by atoms with Gasteiger partial charge in [-0.1, -0.05) is 29.9 Å². The third-order valence-electron chi connectivity index (χ3n) is 4.97. The highest BCUT2D eigenvalue weighted by Gasteiger charge is 2.11. The van der Waals surface area contributed by atoms with Crippen molar-refractivity contribution < 1.29 is 9.84 Å². The minimum absolute atomic E-state index is 0.275. The summed E-state index contributed by atoms with van der Waals surface area (Å²) in [5, 5.41) is 14.3. The fourth-order valence-corrected chi connectivity index (χ4v) is 4.49. The van der Waals surface area contributed by atoms with Crippen molar-refractivity contribution >= 4 is 26.7 Å². The van der Waals surface area contributed by atoms with E-state index in [1.165, 1.54) is 24.0 Å². The molecule has 2 aromatic carbocycles. The molecule has 0 saturated carbocycles. The molecule has 2 N–H and O–H groups in total. The van der Waals surface area contributed by atoms with Gasteiger partial charge in [0.25, 0.3) is 0 Å². The SMILES string of the molecule is Oc1cc(CN2CCCCC2)cc(OCCCNc2nc3ccccc3s2)c1. The molecular weight excluding hydrogens is 370 g/mol. The standard InChI is InChI=1S/C22H27N3O2S/c26-18-13-17(16-25-10-4-1-5-11-25)14-19(15-18)27-12-6-9-23-22-24-20-7-2-3-8-21(20)28-22/h2-3,7-8,13-15,26H,1,4-6,9-12,16H2,(H,23,24). The average Bonchev–Trinajstić information content (AvgIpc) is 3.11. The van der Waals surface area contributed by atoms with Gasteiger partial charge in [0.05, 0.1) is 16.8 Å². The first kappa shape index (κ1) is 19.0. The van der Waals surface area contributed by atoms with Crippen LogP contribution in [0.2, 0.25) is 0 Å². The number of fused-ring (bicyclic) bond motifs is 1. The quantitative estimate of drug-likeness (QED) is 0.531. The summed E-state index contributed by atoms with van der Waals surface area (Å²) in [4.78, 5) is 7.02. The van der Waals surface area contributed by atoms with Crippen molar-refractivity contribution in [3.8, 4) is 11.5 Å². The second-order valence-corrected chi connectivity index (χ2v) is 8.32. The molecule has 1 aliphatic rings. The number of piperidine rings is 1. The van der Waals surface area contributed by atoms with E-state index in [2.05, 4.69) is 27.3 Å². The number of hydrogen-bond donors (Lipinski definition) is 2. The molecule has 0 radical (unpaired) electrons. The van der Waals surface area contributed by atoms with E-state index in [0.29, 0.717) is 6.61 Å². The topological polar surface area (TPSA) is 57.6 Å². The summed E-state index contributed by atoms with van der Waals surface area (Å²) in [7, 11) is 0. The van der Waals surface area contributed by atoms with E-state index < -0.39 is 0 Å². The lowest BCUT2D eigenvalue weighted by Gasteiger charge is -2.26. The van der Waals surface area contributed by atoms with Crippen molar-refractivity contribution in [2.75, 3.05) is 31.6 Å². The van der Waals surface area contributed by atoms with Gasteiger partial charge in [-0.05, 0) is 62.2 Å². The second kappa shape index (κ2) is 9.26. The summed E-state index contributed by atoms with van der Waals surface area (Å²) in [6.45, 7) is 4.57. The van der Waals surface area contributed by atoms with Gasteiger partial charge in [0.2, 0.25) is 0 Å². The van der Waals surface area contributed by atoms with Crippen LogP contribution in [-0.2, 0) is 6.54 Å². The molecule has 5 nitrogen and oxygen atoms in total. The van der Waals surface area contributed by atoms with Crippen molar-refractivity contribution in [2.24, 2.45) is 0 Å². The van der Waals surface area contributed by atoms with E-state index in [-0.39, 0.29) is 5.75 Å². The number of nitrogens with one attached hydrogen (secondary N) is 1. The molecule has 0 aliphatic carbocycles. The summed E-state index contributed by atoms with van der Waals surface area (Å²) >= 11 is 1.67. The highest BCUT2D eigenvalue weighted by atomic mass is 32.1. The van der Waals surface area contributed by atoms with Crippen LogP contribution < -0.4 is 10.1 Å². The van der Waals surface area contributed by atoms with Crippen LogP contribution in [0.25, 0.3) is 10.2 Å². The van der Waals surface area contributed by atoms with Crippen LogP contribution >= 0.6 is 11.3 Å². The van der Waals surface area contributed by atoms with E-state index >= 15 is 0 Å². The van der Waals surface area contributed by atoms with Gasteiger partial charge < -0.3 is 15.2 Å². The molecule has 0 atom stereocenters. The Hall–Kier alpha value is -2.31. The molecule has 148 valence electrons. The number of hydrogen-bond acceptors (Lipinski definition) is 6. The molecule has 28 heavy (non-hydrogen) atoms. The van der Waals surface area contributed by atoms with Gasteiger partial charge in [-0.2, -0.15) is 0 Å². The van der Waals surface area contributed by atoms with E-state index in [1.54, 1.807) is 17.4 Å². The van der Waals surface area contributed by atoms with Gasteiger partial charge in [-0.25, -0.2) is 4.98 Å². The van der Waals surface area contributed by atoms with Crippen molar-refractivity contribution in [1.29, 1.82) is 0 Å². The molecule has 2 heterocycles. The summed E-state index contributed by atoms with van der Waals surface area (Å²) in [5.74, 6) is 1.02. The highest BCUT2D eigenvalue weighted by Crippen LogP contribution is 2.26. The van der Waals surface area contributed by atoms with E-state index in [4.69, 9.17) is 4.74 Å². The molecule has 0 spiro atoms. The molecule has 0 unspecified atom stereocenters. The molecule has 1 aromatic heterocycles. The lowest BCUT2D eigenvalue weighted by atomic mass is 10.1. The first-order valence-corrected chi connectivity index (χ1v) is 10.9. The largest absolute Gasteiger partial charge is 0.508 e. The molecule has 1 saturated heterocycles. The number of benzene rings is 2. The molecule has 6 heteroatoms. The number of likely N-dealkylation sites (tertiary alicyclic amines) is 1. The Balaban J connectivity index is 1.24. The van der Waals surface area contributed by atoms with Crippen molar-refractivity contribution in [1.82, 2.24) is 9.88 Å². The minimum Gasteiger partial charge on any atom is -0.508 e. The molecule has 1 aliphatic heterocycles. The zero-order chi connectivity index (χ0) is 19.2. The maximum absolute atomic E-state index is 10.0. The van der Waals surface area contributed by atoms with Crippen molar-refractivity contribution in [2.45, 2.75) is 32.2 Å². The smallest absolute Gasteiger partial charge is 0.183 e. The number of aromatic nitrogens is 1. The van der Waals surface area contributed by atoms with Crippen LogP contribution in [0.1, 0.15) is 31.2 Å². The highest BCUT2D eigenvalue weighted by molar-refractivity contribution is 7.22. The van der Waals surface area contributed by atoms with E-state index in [9.17, 15) is 5.11 Å². The number of thiazole rings is 1. The van der Waals surface area contributed by atoms with Gasteiger partial charge in [-0.3, -0.25) is 4.90 Å². The number of nitrogens with zero attached hydrogens (tertiary/aromatic N) is 2. The van der Waals surface area contributed by atoms with Gasteiger partial charge in [-0.15, -0.1) is 0 Å².